The molecule has 0 atom stereocenters. The smallest absolute Gasteiger partial charge is 0.0702 e. The zero-order valence-corrected chi connectivity index (χ0v) is 28.4. The number of pyridine rings is 1. The number of aryl methyl sites for hydroxylation is 2. The Morgan fingerprint density at radius 3 is 1.13 bits per heavy atom. The lowest BCUT2D eigenvalue weighted by atomic mass is 9.99. The first-order chi connectivity index (χ1) is 22.8. The molecular formula is C45H57N. The van der Waals surface area contributed by atoms with Gasteiger partial charge in [-0.25, -0.2) is 0 Å². The minimum Gasteiger partial charge on any atom is -0.256 e. The average Bonchev–Trinajstić information content (AvgIpc) is 3.11. The fraction of sp³-hybridized carbons (Fsp3) is 0.400. The van der Waals surface area contributed by atoms with Gasteiger partial charge >= 0.3 is 0 Å². The van der Waals surface area contributed by atoms with E-state index >= 15 is 0 Å². The molecule has 0 fully saturated rings. The summed E-state index contributed by atoms with van der Waals surface area (Å²) in [4.78, 5) is 4.82. The van der Waals surface area contributed by atoms with Crippen molar-refractivity contribution in [2.45, 2.75) is 116 Å². The topological polar surface area (TPSA) is 12.9 Å². The van der Waals surface area contributed by atoms with Gasteiger partial charge in [0.05, 0.1) is 5.69 Å². The molecule has 0 spiro atoms. The molecule has 3 aromatic carbocycles. The maximum Gasteiger partial charge on any atom is 0.0702 e. The van der Waals surface area contributed by atoms with Crippen molar-refractivity contribution in [2.75, 3.05) is 0 Å². The fourth-order valence-electron chi connectivity index (χ4n) is 6.30. The number of aromatic nitrogens is 1. The number of rotatable bonds is 23. The van der Waals surface area contributed by atoms with Crippen LogP contribution in [0.1, 0.15) is 114 Å². The predicted octanol–water partition coefficient (Wildman–Crippen LogP) is 13.8. The lowest BCUT2D eigenvalue weighted by molar-refractivity contribution is 0.581. The van der Waals surface area contributed by atoms with E-state index in [2.05, 4.69) is 98.1 Å². The van der Waals surface area contributed by atoms with Crippen LogP contribution in [0.15, 0.2) is 116 Å². The maximum atomic E-state index is 4.82. The molecular weight excluding hydrogens is 555 g/mol. The zero-order chi connectivity index (χ0) is 32.1. The normalized spacial score (nSPS) is 11.0. The quantitative estimate of drug-likeness (QED) is 0.0600. The van der Waals surface area contributed by atoms with Crippen molar-refractivity contribution < 1.29 is 0 Å². The van der Waals surface area contributed by atoms with E-state index in [0.29, 0.717) is 0 Å². The summed E-state index contributed by atoms with van der Waals surface area (Å²) in [6, 6.07) is 31.4. The molecule has 0 bridgehead atoms. The lowest BCUT2D eigenvalue weighted by Gasteiger charge is -2.08. The number of hydrogen-bond acceptors (Lipinski definition) is 1. The van der Waals surface area contributed by atoms with Crippen molar-refractivity contribution in [3.8, 4) is 33.5 Å². The Morgan fingerprint density at radius 1 is 0.370 bits per heavy atom. The highest BCUT2D eigenvalue weighted by atomic mass is 14.7. The van der Waals surface area contributed by atoms with Crippen LogP contribution in [-0.4, -0.2) is 4.98 Å². The maximum absolute atomic E-state index is 4.82. The Labute approximate surface area is 280 Å². The van der Waals surface area contributed by atoms with Crippen LogP contribution in [0.25, 0.3) is 33.5 Å². The third-order valence-corrected chi connectivity index (χ3v) is 9.27. The standard InChI is InChI=1S/C45H57N/c1-3-5-7-9-11-13-15-17-19-21-38-23-27-40(28-24-38)41-31-33-43(34-32-41)45-36-35-44(37-46-45)42-29-25-39(26-30-42)22-20-18-16-14-12-10-8-6-4-2/h3-4,23-37H,1-2,5-22H2. The third-order valence-electron chi connectivity index (χ3n) is 9.27. The number of unbranched alkanes of at least 4 members (excludes halogenated alkanes) is 14. The first-order valence-corrected chi connectivity index (χ1v) is 18.2. The molecule has 0 saturated heterocycles. The molecule has 0 radical (unpaired) electrons. The van der Waals surface area contributed by atoms with Crippen LogP contribution in [0, 0.1) is 0 Å². The van der Waals surface area contributed by atoms with Crippen molar-refractivity contribution in [1.29, 1.82) is 0 Å². The molecule has 46 heavy (non-hydrogen) atoms. The highest BCUT2D eigenvalue weighted by molar-refractivity contribution is 5.71. The number of benzene rings is 3. The molecule has 4 rings (SSSR count). The van der Waals surface area contributed by atoms with Crippen molar-refractivity contribution in [3.63, 3.8) is 0 Å². The van der Waals surface area contributed by atoms with Gasteiger partial charge in [0.2, 0.25) is 0 Å². The van der Waals surface area contributed by atoms with Gasteiger partial charge in [0, 0.05) is 17.3 Å². The molecule has 1 heterocycles. The van der Waals surface area contributed by atoms with E-state index in [-0.39, 0.29) is 0 Å². The second-order valence-corrected chi connectivity index (χ2v) is 13.0. The van der Waals surface area contributed by atoms with E-state index in [0.717, 1.165) is 17.7 Å². The van der Waals surface area contributed by atoms with Crippen LogP contribution < -0.4 is 0 Å². The summed E-state index contributed by atoms with van der Waals surface area (Å²) >= 11 is 0. The molecule has 1 heteroatoms. The van der Waals surface area contributed by atoms with Gasteiger partial charge in [0.25, 0.3) is 0 Å². The van der Waals surface area contributed by atoms with Gasteiger partial charge in [-0.2, -0.15) is 0 Å². The highest BCUT2D eigenvalue weighted by Gasteiger charge is 2.05. The van der Waals surface area contributed by atoms with Gasteiger partial charge in [-0.3, -0.25) is 4.98 Å². The van der Waals surface area contributed by atoms with Gasteiger partial charge in [-0.05, 0) is 85.3 Å². The van der Waals surface area contributed by atoms with Crippen molar-refractivity contribution in [3.05, 3.63) is 128 Å². The molecule has 0 unspecified atom stereocenters. The van der Waals surface area contributed by atoms with Gasteiger partial charge in [-0.15, -0.1) is 13.2 Å². The van der Waals surface area contributed by atoms with E-state index in [9.17, 15) is 0 Å². The summed E-state index contributed by atoms with van der Waals surface area (Å²) in [5.74, 6) is 0. The van der Waals surface area contributed by atoms with E-state index in [4.69, 9.17) is 4.98 Å². The zero-order valence-electron chi connectivity index (χ0n) is 28.4. The molecule has 242 valence electrons. The van der Waals surface area contributed by atoms with Crippen LogP contribution in [0.3, 0.4) is 0 Å². The summed E-state index contributed by atoms with van der Waals surface area (Å²) in [6.07, 6.45) is 29.5. The van der Waals surface area contributed by atoms with Crippen molar-refractivity contribution in [1.82, 2.24) is 4.98 Å². The molecule has 0 aliphatic heterocycles. The Balaban J connectivity index is 1.17. The monoisotopic (exact) mass is 611 g/mol. The van der Waals surface area contributed by atoms with E-state index < -0.39 is 0 Å². The Kier molecular flexibility index (Phi) is 16.2. The molecule has 0 N–H and O–H groups in total. The summed E-state index contributed by atoms with van der Waals surface area (Å²) in [7, 11) is 0. The lowest BCUT2D eigenvalue weighted by Crippen LogP contribution is -1.89. The minimum absolute atomic E-state index is 1.01. The van der Waals surface area contributed by atoms with Crippen molar-refractivity contribution in [2.24, 2.45) is 0 Å². The van der Waals surface area contributed by atoms with Crippen molar-refractivity contribution >= 4 is 0 Å². The predicted molar refractivity (Wildman–Crippen MR) is 202 cm³/mol. The van der Waals surface area contributed by atoms with Gasteiger partial charge in [-0.1, -0.05) is 155 Å². The van der Waals surface area contributed by atoms with Crippen LogP contribution in [0.5, 0.6) is 0 Å². The Bertz CT molecular complexity index is 1270. The molecule has 0 amide bonds. The summed E-state index contributed by atoms with van der Waals surface area (Å²) in [6.45, 7) is 7.62. The van der Waals surface area contributed by atoms with Crippen LogP contribution in [0.2, 0.25) is 0 Å². The largest absolute Gasteiger partial charge is 0.256 e. The Hall–Kier alpha value is -3.71. The van der Waals surface area contributed by atoms with Crippen LogP contribution in [0.4, 0.5) is 0 Å². The van der Waals surface area contributed by atoms with Crippen LogP contribution >= 0.6 is 0 Å². The van der Waals surface area contributed by atoms with Gasteiger partial charge < -0.3 is 0 Å². The summed E-state index contributed by atoms with van der Waals surface area (Å²) in [5, 5.41) is 0. The second-order valence-electron chi connectivity index (χ2n) is 13.0. The first-order valence-electron chi connectivity index (χ1n) is 18.2. The molecule has 0 aliphatic rings. The van der Waals surface area contributed by atoms with Gasteiger partial charge in [0.1, 0.15) is 0 Å². The second kappa shape index (κ2) is 21.2. The molecule has 0 aliphatic carbocycles. The Morgan fingerprint density at radius 2 is 0.717 bits per heavy atom. The molecule has 0 saturated carbocycles. The van der Waals surface area contributed by atoms with Gasteiger partial charge in [0.15, 0.2) is 0 Å². The van der Waals surface area contributed by atoms with E-state index in [1.165, 1.54) is 143 Å². The molecule has 4 aromatic rings. The van der Waals surface area contributed by atoms with E-state index in [1.54, 1.807) is 0 Å². The SMILES string of the molecule is C=CCCCCCCCCCc1ccc(-c2ccc(-c3ccc(-c4ccc(CCCCCCCCCC=C)cc4)cn3)cc2)cc1. The minimum atomic E-state index is 1.01. The number of hydrogen-bond donors (Lipinski definition) is 0. The fourth-order valence-corrected chi connectivity index (χ4v) is 6.30. The van der Waals surface area contributed by atoms with Crippen LogP contribution in [-0.2, 0) is 12.8 Å². The highest BCUT2D eigenvalue weighted by Crippen LogP contribution is 2.27. The van der Waals surface area contributed by atoms with E-state index in [1.807, 2.05) is 18.3 Å². The number of nitrogens with zero attached hydrogens (tertiary/aromatic N) is 1. The molecule has 1 aromatic heterocycles. The summed E-state index contributed by atoms with van der Waals surface area (Å²) < 4.78 is 0. The number of allylic oxidation sites excluding steroid dienone is 2. The summed E-state index contributed by atoms with van der Waals surface area (Å²) in [5.41, 5.74) is 9.98. The third kappa shape index (κ3) is 12.6. The first kappa shape index (κ1) is 35.1. The molecule has 1 nitrogen and oxygen atoms in total. The average molecular weight is 612 g/mol.